The summed E-state index contributed by atoms with van der Waals surface area (Å²) >= 11 is 0. The highest BCUT2D eigenvalue weighted by molar-refractivity contribution is 5.84. The lowest BCUT2D eigenvalue weighted by Gasteiger charge is -2.24. The summed E-state index contributed by atoms with van der Waals surface area (Å²) < 4.78 is 5.46. The predicted octanol–water partition coefficient (Wildman–Crippen LogP) is 2.83. The van der Waals surface area contributed by atoms with E-state index in [4.69, 9.17) is 9.84 Å². The molecule has 2 atom stereocenters. The van der Waals surface area contributed by atoms with Crippen LogP contribution in [0.15, 0.2) is 48.5 Å². The number of nitrogens with zero attached hydrogens (tertiary/aromatic N) is 1. The van der Waals surface area contributed by atoms with Crippen molar-refractivity contribution in [2.75, 3.05) is 0 Å². The Morgan fingerprint density at radius 1 is 0.880 bits per heavy atom. The van der Waals surface area contributed by atoms with Gasteiger partial charge in [0.05, 0.1) is 0 Å². The SMILES string of the molecule is O=C(O)[C@H]1CC[C@@H](C(=O)N2Cc3ccccc3-c3ccccc3C2)O1. The standard InChI is InChI=1S/C20H19NO4/c22-19(17-9-10-18(25-17)20(23)24)21-11-13-5-1-3-7-15(13)16-8-4-2-6-14(16)12-21/h1-8,17-18H,9-12H2,(H,23,24)/t17-,18+/m0/s1. The first-order valence-electron chi connectivity index (χ1n) is 8.46. The maximum Gasteiger partial charge on any atom is 0.332 e. The number of rotatable bonds is 2. The van der Waals surface area contributed by atoms with Crippen molar-refractivity contribution in [2.45, 2.75) is 38.1 Å². The van der Waals surface area contributed by atoms with Crippen molar-refractivity contribution in [1.29, 1.82) is 0 Å². The van der Waals surface area contributed by atoms with Gasteiger partial charge in [-0.1, -0.05) is 48.5 Å². The first kappa shape index (κ1) is 15.8. The van der Waals surface area contributed by atoms with Gasteiger partial charge in [-0.15, -0.1) is 0 Å². The Hall–Kier alpha value is -2.66. The summed E-state index contributed by atoms with van der Waals surface area (Å²) in [7, 11) is 0. The molecular formula is C20H19NO4. The first-order chi connectivity index (χ1) is 12.1. The molecule has 0 unspecified atom stereocenters. The van der Waals surface area contributed by atoms with Crippen LogP contribution in [-0.4, -0.2) is 34.1 Å². The Morgan fingerprint density at radius 3 is 1.92 bits per heavy atom. The van der Waals surface area contributed by atoms with Gasteiger partial charge in [0, 0.05) is 13.1 Å². The third-order valence-corrected chi connectivity index (χ3v) is 4.93. The summed E-state index contributed by atoms with van der Waals surface area (Å²) in [4.78, 5) is 25.8. The Labute approximate surface area is 145 Å². The highest BCUT2D eigenvalue weighted by Gasteiger charge is 2.37. The zero-order valence-electron chi connectivity index (χ0n) is 13.7. The second-order valence-electron chi connectivity index (χ2n) is 6.54. The minimum absolute atomic E-state index is 0.129. The summed E-state index contributed by atoms with van der Waals surface area (Å²) in [6, 6.07) is 16.2. The molecule has 25 heavy (non-hydrogen) atoms. The average molecular weight is 337 g/mol. The number of aliphatic carboxylic acids is 1. The third-order valence-electron chi connectivity index (χ3n) is 4.93. The number of fused-ring (bicyclic) bond motifs is 3. The first-order valence-corrected chi connectivity index (χ1v) is 8.46. The summed E-state index contributed by atoms with van der Waals surface area (Å²) in [5.41, 5.74) is 4.47. The topological polar surface area (TPSA) is 66.8 Å². The molecule has 4 rings (SSSR count). The second-order valence-corrected chi connectivity index (χ2v) is 6.54. The lowest BCUT2D eigenvalue weighted by Crippen LogP contribution is -2.38. The lowest BCUT2D eigenvalue weighted by atomic mass is 9.97. The fourth-order valence-electron chi connectivity index (χ4n) is 3.67. The fourth-order valence-corrected chi connectivity index (χ4v) is 3.67. The smallest absolute Gasteiger partial charge is 0.332 e. The number of hydrogen-bond donors (Lipinski definition) is 1. The van der Waals surface area contributed by atoms with Gasteiger partial charge >= 0.3 is 5.97 Å². The van der Waals surface area contributed by atoms with E-state index in [0.29, 0.717) is 25.9 Å². The molecule has 1 N–H and O–H groups in total. The van der Waals surface area contributed by atoms with Crippen LogP contribution in [0.5, 0.6) is 0 Å². The van der Waals surface area contributed by atoms with Crippen molar-refractivity contribution < 1.29 is 19.4 Å². The average Bonchev–Trinajstić information content (AvgIpc) is 3.05. The van der Waals surface area contributed by atoms with E-state index in [9.17, 15) is 9.59 Å². The van der Waals surface area contributed by atoms with Crippen LogP contribution >= 0.6 is 0 Å². The number of carboxylic acid groups (broad SMARTS) is 1. The van der Waals surface area contributed by atoms with Gasteiger partial charge in [0.1, 0.15) is 6.10 Å². The maximum atomic E-state index is 12.9. The molecular weight excluding hydrogens is 318 g/mol. The molecule has 5 nitrogen and oxygen atoms in total. The van der Waals surface area contributed by atoms with Crippen LogP contribution in [0, 0.1) is 0 Å². The van der Waals surface area contributed by atoms with E-state index in [1.807, 2.05) is 36.4 Å². The van der Waals surface area contributed by atoms with Gasteiger partial charge in [-0.05, 0) is 35.1 Å². The molecule has 0 aromatic heterocycles. The molecule has 0 spiro atoms. The number of ether oxygens (including phenoxy) is 1. The molecule has 0 saturated carbocycles. The van der Waals surface area contributed by atoms with Crippen molar-refractivity contribution in [3.05, 3.63) is 59.7 Å². The zero-order chi connectivity index (χ0) is 17.4. The highest BCUT2D eigenvalue weighted by atomic mass is 16.5. The molecule has 2 aromatic carbocycles. The maximum absolute atomic E-state index is 12.9. The van der Waals surface area contributed by atoms with E-state index < -0.39 is 18.2 Å². The van der Waals surface area contributed by atoms with Gasteiger partial charge in [-0.3, -0.25) is 4.79 Å². The molecule has 2 aliphatic heterocycles. The number of carboxylic acids is 1. The van der Waals surface area contributed by atoms with Crippen LogP contribution in [0.25, 0.3) is 11.1 Å². The number of carbonyl (C=O) groups excluding carboxylic acids is 1. The molecule has 0 bridgehead atoms. The van der Waals surface area contributed by atoms with E-state index >= 15 is 0 Å². The highest BCUT2D eigenvalue weighted by Crippen LogP contribution is 2.33. The van der Waals surface area contributed by atoms with Crippen molar-refractivity contribution in [3.8, 4) is 11.1 Å². The van der Waals surface area contributed by atoms with Crippen LogP contribution in [0.4, 0.5) is 0 Å². The van der Waals surface area contributed by atoms with Crippen molar-refractivity contribution >= 4 is 11.9 Å². The van der Waals surface area contributed by atoms with E-state index in [1.54, 1.807) is 4.90 Å². The lowest BCUT2D eigenvalue weighted by molar-refractivity contribution is -0.155. The molecule has 1 saturated heterocycles. The predicted molar refractivity (Wildman–Crippen MR) is 91.7 cm³/mol. The number of hydrogen-bond acceptors (Lipinski definition) is 3. The van der Waals surface area contributed by atoms with Gasteiger partial charge < -0.3 is 14.7 Å². The monoisotopic (exact) mass is 337 g/mol. The number of amides is 1. The van der Waals surface area contributed by atoms with Crippen LogP contribution in [0.1, 0.15) is 24.0 Å². The molecule has 5 heteroatoms. The normalized spacial score (nSPS) is 22.0. The summed E-state index contributed by atoms with van der Waals surface area (Å²) in [6.45, 7) is 1.00. The molecule has 1 amide bonds. The van der Waals surface area contributed by atoms with Gasteiger partial charge in [-0.2, -0.15) is 0 Å². The van der Waals surface area contributed by atoms with E-state index in [1.165, 1.54) is 0 Å². The van der Waals surface area contributed by atoms with Gasteiger partial charge in [0.15, 0.2) is 6.10 Å². The summed E-state index contributed by atoms with van der Waals surface area (Å²) in [5.74, 6) is -1.13. The number of benzene rings is 2. The molecule has 0 aliphatic carbocycles. The van der Waals surface area contributed by atoms with Gasteiger partial charge in [0.25, 0.3) is 5.91 Å². The molecule has 2 aromatic rings. The Morgan fingerprint density at radius 2 is 1.40 bits per heavy atom. The van der Waals surface area contributed by atoms with Crippen molar-refractivity contribution in [1.82, 2.24) is 4.90 Å². The van der Waals surface area contributed by atoms with Crippen LogP contribution in [0.3, 0.4) is 0 Å². The van der Waals surface area contributed by atoms with Gasteiger partial charge in [-0.25, -0.2) is 4.79 Å². The quantitative estimate of drug-likeness (QED) is 0.915. The zero-order valence-corrected chi connectivity index (χ0v) is 13.7. The molecule has 0 radical (unpaired) electrons. The van der Waals surface area contributed by atoms with E-state index in [0.717, 1.165) is 22.3 Å². The number of carbonyl (C=O) groups is 2. The Bertz CT molecular complexity index is 784. The van der Waals surface area contributed by atoms with Crippen molar-refractivity contribution in [3.63, 3.8) is 0 Å². The third kappa shape index (κ3) is 2.91. The van der Waals surface area contributed by atoms with Crippen LogP contribution < -0.4 is 0 Å². The largest absolute Gasteiger partial charge is 0.479 e. The van der Waals surface area contributed by atoms with E-state index in [2.05, 4.69) is 12.1 Å². The van der Waals surface area contributed by atoms with Gasteiger partial charge in [0.2, 0.25) is 0 Å². The Balaban J connectivity index is 1.65. The molecule has 2 heterocycles. The minimum Gasteiger partial charge on any atom is -0.479 e. The Kier molecular flexibility index (Phi) is 4.01. The van der Waals surface area contributed by atoms with E-state index in [-0.39, 0.29) is 5.91 Å². The minimum atomic E-state index is -0.998. The summed E-state index contributed by atoms with van der Waals surface area (Å²) in [6.07, 6.45) is -0.707. The second kappa shape index (κ2) is 6.33. The summed E-state index contributed by atoms with van der Waals surface area (Å²) in [5, 5.41) is 9.08. The van der Waals surface area contributed by atoms with Crippen LogP contribution in [0.2, 0.25) is 0 Å². The van der Waals surface area contributed by atoms with Crippen LogP contribution in [-0.2, 0) is 27.4 Å². The fraction of sp³-hybridized carbons (Fsp3) is 0.300. The molecule has 2 aliphatic rings. The molecule has 128 valence electrons. The van der Waals surface area contributed by atoms with Crippen molar-refractivity contribution in [2.24, 2.45) is 0 Å². The molecule has 1 fully saturated rings.